The highest BCUT2D eigenvalue weighted by molar-refractivity contribution is 6.44. The van der Waals surface area contributed by atoms with Crippen molar-refractivity contribution < 1.29 is 4.79 Å². The predicted molar refractivity (Wildman–Crippen MR) is 76.9 cm³/mol. The van der Waals surface area contributed by atoms with Gasteiger partial charge in [0.1, 0.15) is 0 Å². The molecule has 0 saturated heterocycles. The quantitative estimate of drug-likeness (QED) is 0.852. The van der Waals surface area contributed by atoms with Crippen LogP contribution in [-0.2, 0) is 13.1 Å². The minimum atomic E-state index is -0.0952. The highest BCUT2D eigenvalue weighted by atomic mass is 35.5. The van der Waals surface area contributed by atoms with Gasteiger partial charge in [-0.25, -0.2) is 0 Å². The molecule has 2 aromatic rings. The van der Waals surface area contributed by atoms with Crippen LogP contribution in [0.5, 0.6) is 0 Å². The van der Waals surface area contributed by atoms with Crippen molar-refractivity contribution in [3.8, 4) is 0 Å². The minimum absolute atomic E-state index is 0.0952. The molecule has 0 radical (unpaired) electrons. The summed E-state index contributed by atoms with van der Waals surface area (Å²) in [5, 5.41) is 3.97. The van der Waals surface area contributed by atoms with Gasteiger partial charge in [0, 0.05) is 24.2 Å². The smallest absolute Gasteiger partial charge is 0.194 e. The maximum absolute atomic E-state index is 12.5. The van der Waals surface area contributed by atoms with E-state index >= 15 is 0 Å². The molecule has 1 N–H and O–H groups in total. The Balaban J connectivity index is 2.02. The van der Waals surface area contributed by atoms with Gasteiger partial charge in [-0.2, -0.15) is 0 Å². The molecule has 0 spiro atoms. The van der Waals surface area contributed by atoms with Gasteiger partial charge < -0.3 is 5.32 Å². The summed E-state index contributed by atoms with van der Waals surface area (Å²) in [5.41, 5.74) is 3.50. The Morgan fingerprint density at radius 2 is 1.84 bits per heavy atom. The number of fused-ring (bicyclic) bond motifs is 1. The molecule has 1 heterocycles. The van der Waals surface area contributed by atoms with Crippen LogP contribution in [0.1, 0.15) is 27.0 Å². The third-order valence-corrected chi connectivity index (χ3v) is 4.11. The van der Waals surface area contributed by atoms with Crippen molar-refractivity contribution in [3.63, 3.8) is 0 Å². The lowest BCUT2D eigenvalue weighted by Crippen LogP contribution is -2.03. The van der Waals surface area contributed by atoms with E-state index in [1.165, 1.54) is 11.1 Å². The second-order valence-electron chi connectivity index (χ2n) is 4.52. The molecule has 2 aromatic carbocycles. The first-order valence-corrected chi connectivity index (χ1v) is 6.73. The Kier molecular flexibility index (Phi) is 3.31. The fourth-order valence-electron chi connectivity index (χ4n) is 2.27. The number of hydrogen-bond donors (Lipinski definition) is 1. The van der Waals surface area contributed by atoms with Crippen molar-refractivity contribution in [2.24, 2.45) is 0 Å². The molecule has 3 rings (SSSR count). The molecule has 0 aromatic heterocycles. The zero-order valence-electron chi connectivity index (χ0n) is 10.0. The van der Waals surface area contributed by atoms with Gasteiger partial charge in [0.2, 0.25) is 0 Å². The normalized spacial score (nSPS) is 13.4. The van der Waals surface area contributed by atoms with Crippen LogP contribution in [0.2, 0.25) is 10.0 Å². The molecule has 96 valence electrons. The zero-order chi connectivity index (χ0) is 13.4. The SMILES string of the molecule is O=C(c1ccc2c(c1)CNC2)c1cccc(Cl)c1Cl. The molecule has 0 atom stereocenters. The first-order valence-electron chi connectivity index (χ1n) is 5.98. The van der Waals surface area contributed by atoms with Gasteiger partial charge in [-0.15, -0.1) is 0 Å². The number of ketones is 1. The van der Waals surface area contributed by atoms with Crippen LogP contribution in [0, 0.1) is 0 Å². The number of nitrogens with one attached hydrogen (secondary N) is 1. The highest BCUT2D eigenvalue weighted by Gasteiger charge is 2.17. The standard InChI is InChI=1S/C15H11Cl2NO/c16-13-3-1-2-12(14(13)17)15(19)9-4-5-10-7-18-8-11(10)6-9/h1-6,18H,7-8H2. The van der Waals surface area contributed by atoms with E-state index in [1.807, 2.05) is 18.2 Å². The molecule has 0 saturated carbocycles. The monoisotopic (exact) mass is 291 g/mol. The third-order valence-electron chi connectivity index (χ3n) is 3.30. The summed E-state index contributed by atoms with van der Waals surface area (Å²) in [7, 11) is 0. The molecule has 0 aliphatic carbocycles. The summed E-state index contributed by atoms with van der Waals surface area (Å²) in [6, 6.07) is 10.9. The van der Waals surface area contributed by atoms with E-state index < -0.39 is 0 Å². The van der Waals surface area contributed by atoms with Gasteiger partial charge in [0.05, 0.1) is 10.0 Å². The first kappa shape index (κ1) is 12.7. The van der Waals surface area contributed by atoms with Crippen molar-refractivity contribution in [1.82, 2.24) is 5.32 Å². The van der Waals surface area contributed by atoms with E-state index in [4.69, 9.17) is 23.2 Å². The minimum Gasteiger partial charge on any atom is -0.309 e. The summed E-state index contributed by atoms with van der Waals surface area (Å²) in [5.74, 6) is -0.0952. The Bertz CT molecular complexity index is 667. The molecule has 1 aliphatic rings. The van der Waals surface area contributed by atoms with E-state index in [1.54, 1.807) is 18.2 Å². The average molecular weight is 292 g/mol. The molecule has 1 aliphatic heterocycles. The Labute approximate surface area is 121 Å². The predicted octanol–water partition coefficient (Wildman–Crippen LogP) is 3.83. The highest BCUT2D eigenvalue weighted by Crippen LogP contribution is 2.28. The largest absolute Gasteiger partial charge is 0.309 e. The summed E-state index contributed by atoms with van der Waals surface area (Å²) in [6.45, 7) is 1.67. The van der Waals surface area contributed by atoms with Gasteiger partial charge in [0.15, 0.2) is 5.78 Å². The van der Waals surface area contributed by atoms with E-state index in [9.17, 15) is 4.79 Å². The van der Waals surface area contributed by atoms with Crippen LogP contribution in [0.3, 0.4) is 0 Å². The van der Waals surface area contributed by atoms with Crippen LogP contribution in [0.15, 0.2) is 36.4 Å². The number of carbonyl (C=O) groups excluding carboxylic acids is 1. The van der Waals surface area contributed by atoms with E-state index in [-0.39, 0.29) is 5.78 Å². The Morgan fingerprint density at radius 1 is 1.05 bits per heavy atom. The van der Waals surface area contributed by atoms with Gasteiger partial charge in [-0.3, -0.25) is 4.79 Å². The van der Waals surface area contributed by atoms with Gasteiger partial charge in [-0.1, -0.05) is 41.4 Å². The van der Waals surface area contributed by atoms with Crippen LogP contribution in [0.4, 0.5) is 0 Å². The fourth-order valence-corrected chi connectivity index (χ4v) is 2.66. The van der Waals surface area contributed by atoms with E-state index in [0.29, 0.717) is 21.2 Å². The molecule has 0 amide bonds. The lowest BCUT2D eigenvalue weighted by atomic mass is 9.99. The van der Waals surface area contributed by atoms with E-state index in [0.717, 1.165) is 13.1 Å². The van der Waals surface area contributed by atoms with Gasteiger partial charge in [-0.05, 0) is 29.3 Å². The maximum atomic E-state index is 12.5. The van der Waals surface area contributed by atoms with Crippen LogP contribution in [-0.4, -0.2) is 5.78 Å². The van der Waals surface area contributed by atoms with Crippen molar-refractivity contribution >= 4 is 29.0 Å². The molecular weight excluding hydrogens is 281 g/mol. The van der Waals surface area contributed by atoms with Gasteiger partial charge in [0.25, 0.3) is 0 Å². The van der Waals surface area contributed by atoms with Crippen molar-refractivity contribution in [1.29, 1.82) is 0 Å². The molecule has 19 heavy (non-hydrogen) atoms. The Hall–Kier alpha value is -1.35. The summed E-state index contributed by atoms with van der Waals surface area (Å²) < 4.78 is 0. The lowest BCUT2D eigenvalue weighted by Gasteiger charge is -2.06. The molecule has 4 heteroatoms. The number of rotatable bonds is 2. The van der Waals surface area contributed by atoms with Crippen molar-refractivity contribution in [2.75, 3.05) is 0 Å². The summed E-state index contributed by atoms with van der Waals surface area (Å²) in [4.78, 5) is 12.5. The van der Waals surface area contributed by atoms with Crippen molar-refractivity contribution in [2.45, 2.75) is 13.1 Å². The van der Waals surface area contributed by atoms with Crippen molar-refractivity contribution in [3.05, 3.63) is 68.7 Å². The Morgan fingerprint density at radius 3 is 2.68 bits per heavy atom. The summed E-state index contributed by atoms with van der Waals surface area (Å²) >= 11 is 12.0. The second-order valence-corrected chi connectivity index (χ2v) is 5.30. The first-order chi connectivity index (χ1) is 9.16. The number of hydrogen-bond acceptors (Lipinski definition) is 2. The van der Waals surface area contributed by atoms with Crippen LogP contribution < -0.4 is 5.32 Å². The maximum Gasteiger partial charge on any atom is 0.194 e. The zero-order valence-corrected chi connectivity index (χ0v) is 11.6. The molecule has 0 unspecified atom stereocenters. The molecule has 0 bridgehead atoms. The summed E-state index contributed by atoms with van der Waals surface area (Å²) in [6.07, 6.45) is 0. The lowest BCUT2D eigenvalue weighted by molar-refractivity contribution is 0.103. The molecule has 0 fully saturated rings. The number of benzene rings is 2. The topological polar surface area (TPSA) is 29.1 Å². The van der Waals surface area contributed by atoms with E-state index in [2.05, 4.69) is 5.32 Å². The second kappa shape index (κ2) is 4.97. The molecule has 2 nitrogen and oxygen atoms in total. The number of halogens is 2. The van der Waals surface area contributed by atoms with Gasteiger partial charge >= 0.3 is 0 Å². The third kappa shape index (κ3) is 2.27. The van der Waals surface area contributed by atoms with Crippen LogP contribution in [0.25, 0.3) is 0 Å². The average Bonchev–Trinajstić information content (AvgIpc) is 2.88. The molecular formula is C15H11Cl2NO. The fraction of sp³-hybridized carbons (Fsp3) is 0.133. The van der Waals surface area contributed by atoms with Crippen LogP contribution >= 0.6 is 23.2 Å². The number of carbonyl (C=O) groups is 1.